The fraction of sp³-hybridized carbons (Fsp3) is 0.429. The predicted molar refractivity (Wildman–Crippen MR) is 72.7 cm³/mol. The van der Waals surface area contributed by atoms with Gasteiger partial charge in [-0.3, -0.25) is 4.79 Å². The van der Waals surface area contributed by atoms with Gasteiger partial charge in [0.15, 0.2) is 0 Å². The van der Waals surface area contributed by atoms with Gasteiger partial charge in [0.2, 0.25) is 5.91 Å². The third kappa shape index (κ3) is 2.33. The quantitative estimate of drug-likeness (QED) is 0.889. The summed E-state index contributed by atoms with van der Waals surface area (Å²) in [4.78, 5) is 23.6. The second-order valence-corrected chi connectivity index (χ2v) is 6.08. The number of rotatable bonds is 3. The van der Waals surface area contributed by atoms with Crippen molar-refractivity contribution in [3.63, 3.8) is 0 Å². The van der Waals surface area contributed by atoms with Crippen molar-refractivity contribution in [2.75, 3.05) is 5.32 Å². The highest BCUT2D eigenvalue weighted by molar-refractivity contribution is 9.10. The van der Waals surface area contributed by atoms with Crippen LogP contribution in [0.3, 0.4) is 0 Å². The lowest BCUT2D eigenvalue weighted by atomic mass is 9.78. The van der Waals surface area contributed by atoms with Gasteiger partial charge < -0.3 is 20.0 Å². The maximum atomic E-state index is 12.3. The molecule has 6 heteroatoms. The summed E-state index contributed by atoms with van der Waals surface area (Å²) in [5.41, 5.74) is 0.629. The minimum atomic E-state index is -1.20. The molecule has 0 saturated carbocycles. The molecule has 0 aliphatic carbocycles. The van der Waals surface area contributed by atoms with Crippen LogP contribution in [0.5, 0.6) is 0 Å². The molecule has 0 radical (unpaired) electrons. The molecular weight excluding hydrogens is 326 g/mol. The number of fused-ring (bicyclic) bond motifs is 2. The normalized spacial score (nSPS) is 31.2. The van der Waals surface area contributed by atoms with Gasteiger partial charge in [-0.1, -0.05) is 22.0 Å². The zero-order chi connectivity index (χ0) is 14.3. The van der Waals surface area contributed by atoms with Crippen LogP contribution >= 0.6 is 15.9 Å². The second kappa shape index (κ2) is 5.18. The summed E-state index contributed by atoms with van der Waals surface area (Å²) in [6.07, 6.45) is 0.716. The number of amides is 1. The summed E-state index contributed by atoms with van der Waals surface area (Å²) in [5, 5.41) is 14.0. The number of benzene rings is 1. The fourth-order valence-corrected chi connectivity index (χ4v) is 3.50. The van der Waals surface area contributed by atoms with Gasteiger partial charge in [0.25, 0.3) is 0 Å². The molecule has 2 aliphatic heterocycles. The van der Waals surface area contributed by atoms with Crippen molar-refractivity contribution in [1.82, 2.24) is 0 Å². The molecule has 1 aromatic rings. The smallest absolute Gasteiger partial charge is 0.230 e. The van der Waals surface area contributed by atoms with Crippen molar-refractivity contribution in [1.29, 1.82) is 0 Å². The summed E-state index contributed by atoms with van der Waals surface area (Å²) in [6.45, 7) is 0. The highest BCUT2D eigenvalue weighted by Gasteiger charge is 2.52. The number of carbonyl (C=O) groups is 2. The van der Waals surface area contributed by atoms with E-state index in [1.807, 2.05) is 6.07 Å². The molecular formula is C14H13BrNO4-. The van der Waals surface area contributed by atoms with E-state index < -0.39 is 17.8 Å². The molecule has 5 nitrogen and oxygen atoms in total. The van der Waals surface area contributed by atoms with Gasteiger partial charge in [-0.15, -0.1) is 0 Å². The largest absolute Gasteiger partial charge is 0.550 e. The van der Waals surface area contributed by atoms with E-state index in [1.54, 1.807) is 18.2 Å². The minimum absolute atomic E-state index is 0.310. The topological polar surface area (TPSA) is 78.5 Å². The highest BCUT2D eigenvalue weighted by atomic mass is 79.9. The zero-order valence-corrected chi connectivity index (χ0v) is 12.1. The van der Waals surface area contributed by atoms with E-state index in [0.717, 1.165) is 10.9 Å². The molecule has 1 amide bonds. The summed E-state index contributed by atoms with van der Waals surface area (Å²) in [7, 11) is 0. The minimum Gasteiger partial charge on any atom is -0.550 e. The number of hydrogen-bond donors (Lipinski definition) is 1. The Morgan fingerprint density at radius 3 is 2.60 bits per heavy atom. The van der Waals surface area contributed by atoms with E-state index in [0.29, 0.717) is 12.1 Å². The highest BCUT2D eigenvalue weighted by Crippen LogP contribution is 2.43. The molecule has 1 N–H and O–H groups in total. The first-order chi connectivity index (χ1) is 9.56. The van der Waals surface area contributed by atoms with Gasteiger partial charge >= 0.3 is 0 Å². The summed E-state index contributed by atoms with van der Waals surface area (Å²) >= 11 is 3.32. The van der Waals surface area contributed by atoms with Gasteiger partial charge in [-0.2, -0.15) is 0 Å². The van der Waals surface area contributed by atoms with E-state index in [2.05, 4.69) is 21.2 Å². The van der Waals surface area contributed by atoms with Gasteiger partial charge in [0, 0.05) is 22.0 Å². The predicted octanol–water partition coefficient (Wildman–Crippen LogP) is 0.931. The van der Waals surface area contributed by atoms with Crippen LogP contribution in [0.25, 0.3) is 0 Å². The van der Waals surface area contributed by atoms with Gasteiger partial charge in [0.05, 0.1) is 18.1 Å². The van der Waals surface area contributed by atoms with Crippen molar-refractivity contribution in [2.24, 2.45) is 11.8 Å². The molecule has 2 aliphatic rings. The number of aliphatic carboxylic acids is 1. The maximum absolute atomic E-state index is 12.3. The zero-order valence-electron chi connectivity index (χ0n) is 10.5. The third-order valence-corrected chi connectivity index (χ3v) is 4.43. The second-order valence-electron chi connectivity index (χ2n) is 5.16. The lowest BCUT2D eigenvalue weighted by Crippen LogP contribution is -2.46. The molecule has 2 saturated heterocycles. The van der Waals surface area contributed by atoms with Crippen LogP contribution in [0.4, 0.5) is 5.69 Å². The Labute approximate surface area is 124 Å². The first kappa shape index (κ1) is 13.6. The van der Waals surface area contributed by atoms with Crippen LogP contribution in [0.2, 0.25) is 0 Å². The summed E-state index contributed by atoms with van der Waals surface area (Å²) in [6, 6.07) is 7.16. The lowest BCUT2D eigenvalue weighted by molar-refractivity contribution is -0.313. The van der Waals surface area contributed by atoms with Crippen molar-refractivity contribution in [3.8, 4) is 0 Å². The average molecular weight is 339 g/mol. The Morgan fingerprint density at radius 2 is 1.95 bits per heavy atom. The van der Waals surface area contributed by atoms with Crippen molar-refractivity contribution >= 4 is 33.5 Å². The number of carbonyl (C=O) groups excluding carboxylic acids is 2. The van der Waals surface area contributed by atoms with Crippen LogP contribution in [-0.4, -0.2) is 24.1 Å². The van der Waals surface area contributed by atoms with E-state index in [-0.39, 0.29) is 18.1 Å². The number of anilines is 1. The molecule has 0 spiro atoms. The van der Waals surface area contributed by atoms with E-state index in [9.17, 15) is 14.7 Å². The molecule has 106 valence electrons. The molecule has 2 heterocycles. The lowest BCUT2D eigenvalue weighted by Gasteiger charge is -2.27. The first-order valence-corrected chi connectivity index (χ1v) is 7.28. The fourth-order valence-electron chi connectivity index (χ4n) is 3.10. The molecule has 1 aromatic carbocycles. The number of halogens is 1. The molecule has 2 fully saturated rings. The molecule has 0 aromatic heterocycles. The SMILES string of the molecule is O=C([O-])[C@@H]1[C@H](C(=O)Nc2cccc(Br)c2)[C@H]2CC[C@@H]1O2. The average Bonchev–Trinajstić information content (AvgIpc) is 2.98. The number of hydrogen-bond acceptors (Lipinski definition) is 4. The van der Waals surface area contributed by atoms with Gasteiger partial charge in [-0.05, 0) is 31.0 Å². The molecule has 20 heavy (non-hydrogen) atoms. The Hall–Kier alpha value is -1.40. The number of nitrogens with one attached hydrogen (secondary N) is 1. The van der Waals surface area contributed by atoms with E-state index >= 15 is 0 Å². The first-order valence-electron chi connectivity index (χ1n) is 6.49. The van der Waals surface area contributed by atoms with Gasteiger partial charge in [-0.25, -0.2) is 0 Å². The number of carboxylic acids is 1. The van der Waals surface area contributed by atoms with E-state index in [4.69, 9.17) is 4.74 Å². The summed E-state index contributed by atoms with van der Waals surface area (Å²) < 4.78 is 6.39. The number of ether oxygens (including phenoxy) is 1. The van der Waals surface area contributed by atoms with Crippen LogP contribution < -0.4 is 10.4 Å². The van der Waals surface area contributed by atoms with E-state index in [1.165, 1.54) is 0 Å². The molecule has 0 unspecified atom stereocenters. The Morgan fingerprint density at radius 1 is 1.25 bits per heavy atom. The molecule has 4 atom stereocenters. The van der Waals surface area contributed by atoms with Crippen LogP contribution in [0.15, 0.2) is 28.7 Å². The Balaban J connectivity index is 1.78. The summed E-state index contributed by atoms with van der Waals surface area (Å²) in [5.74, 6) is -3.03. The van der Waals surface area contributed by atoms with Crippen molar-refractivity contribution in [3.05, 3.63) is 28.7 Å². The monoisotopic (exact) mass is 338 g/mol. The van der Waals surface area contributed by atoms with Crippen molar-refractivity contribution in [2.45, 2.75) is 25.0 Å². The Kier molecular flexibility index (Phi) is 3.52. The third-order valence-electron chi connectivity index (χ3n) is 3.94. The number of carboxylic acid groups (broad SMARTS) is 1. The Bertz CT molecular complexity index is 562. The van der Waals surface area contributed by atoms with Crippen molar-refractivity contribution < 1.29 is 19.4 Å². The van der Waals surface area contributed by atoms with Crippen LogP contribution in [0.1, 0.15) is 12.8 Å². The molecule has 3 rings (SSSR count). The maximum Gasteiger partial charge on any atom is 0.230 e. The van der Waals surface area contributed by atoms with Gasteiger partial charge in [0.1, 0.15) is 0 Å². The molecule has 2 bridgehead atoms. The van der Waals surface area contributed by atoms with Crippen LogP contribution in [-0.2, 0) is 14.3 Å². The standard InChI is InChI=1S/C14H14BrNO4/c15-7-2-1-3-8(6-7)16-13(17)11-9-4-5-10(20-9)12(11)14(18)19/h1-3,6,9-12H,4-5H2,(H,16,17)(H,18,19)/p-1/t9-,10+,11-,12+/m1/s1. The van der Waals surface area contributed by atoms with Crippen LogP contribution in [0, 0.1) is 11.8 Å².